The molecule has 1 aliphatic heterocycles. The third-order valence-corrected chi connectivity index (χ3v) is 5.96. The Hall–Kier alpha value is -2.04. The van der Waals surface area contributed by atoms with Crippen LogP contribution >= 0.6 is 0 Å². The van der Waals surface area contributed by atoms with Crippen LogP contribution < -0.4 is 5.32 Å². The normalized spacial score (nSPS) is 29.4. The second-order valence-corrected chi connectivity index (χ2v) is 7.25. The minimum Gasteiger partial charge on any atom is -0.481 e. The van der Waals surface area contributed by atoms with E-state index < -0.39 is 11.4 Å². The largest absolute Gasteiger partial charge is 0.481 e. The highest BCUT2D eigenvalue weighted by Crippen LogP contribution is 2.48. The molecule has 5 heteroatoms. The number of carboxylic acid groups (broad SMARTS) is 1. The van der Waals surface area contributed by atoms with Crippen molar-refractivity contribution >= 4 is 12.0 Å². The fourth-order valence-electron chi connectivity index (χ4n) is 4.72. The smallest absolute Gasteiger partial charge is 0.317 e. The Morgan fingerprint density at radius 2 is 1.91 bits per heavy atom. The third-order valence-electron chi connectivity index (χ3n) is 5.96. The van der Waals surface area contributed by atoms with E-state index in [1.165, 1.54) is 11.1 Å². The Labute approximate surface area is 135 Å². The van der Waals surface area contributed by atoms with Crippen molar-refractivity contribution in [3.05, 3.63) is 35.4 Å². The van der Waals surface area contributed by atoms with Crippen LogP contribution in [0.5, 0.6) is 0 Å². The van der Waals surface area contributed by atoms with Gasteiger partial charge in [-0.05, 0) is 42.7 Å². The van der Waals surface area contributed by atoms with Crippen molar-refractivity contribution < 1.29 is 14.7 Å². The molecule has 0 unspecified atom stereocenters. The zero-order valence-electron chi connectivity index (χ0n) is 13.1. The molecule has 122 valence electrons. The molecule has 2 atom stereocenters. The number of nitrogens with one attached hydrogen (secondary N) is 1. The molecule has 1 saturated carbocycles. The maximum atomic E-state index is 12.6. The predicted octanol–water partition coefficient (Wildman–Crippen LogP) is 2.05. The summed E-state index contributed by atoms with van der Waals surface area (Å²) in [6.07, 6.45) is 4.31. The summed E-state index contributed by atoms with van der Waals surface area (Å²) in [5, 5.41) is 12.7. The number of carbonyl (C=O) groups excluding carboxylic acids is 1. The molecule has 1 aromatic carbocycles. The minimum atomic E-state index is -0.733. The number of carboxylic acids is 1. The van der Waals surface area contributed by atoms with E-state index in [2.05, 4.69) is 17.4 Å². The van der Waals surface area contributed by atoms with E-state index in [1.807, 2.05) is 12.1 Å². The van der Waals surface area contributed by atoms with E-state index in [1.54, 1.807) is 4.90 Å². The van der Waals surface area contributed by atoms with Crippen LogP contribution in [0.3, 0.4) is 0 Å². The van der Waals surface area contributed by atoms with Crippen LogP contribution in [0.2, 0.25) is 0 Å². The molecule has 2 aliphatic carbocycles. The monoisotopic (exact) mass is 314 g/mol. The summed E-state index contributed by atoms with van der Waals surface area (Å²) in [5.74, 6) is -0.616. The fourth-order valence-corrected chi connectivity index (χ4v) is 4.72. The molecular weight excluding hydrogens is 292 g/mol. The first-order valence-corrected chi connectivity index (χ1v) is 8.44. The molecule has 5 nitrogen and oxygen atoms in total. The zero-order valence-corrected chi connectivity index (χ0v) is 13.1. The van der Waals surface area contributed by atoms with Crippen molar-refractivity contribution in [1.29, 1.82) is 0 Å². The highest BCUT2D eigenvalue weighted by Gasteiger charge is 2.55. The number of aliphatic carboxylic acids is 1. The van der Waals surface area contributed by atoms with Crippen LogP contribution in [0.1, 0.15) is 30.4 Å². The summed E-state index contributed by atoms with van der Waals surface area (Å²) in [6, 6.07) is 8.31. The van der Waals surface area contributed by atoms with E-state index in [0.29, 0.717) is 19.5 Å². The Morgan fingerprint density at radius 1 is 1.22 bits per heavy atom. The molecule has 2 amide bonds. The van der Waals surface area contributed by atoms with Gasteiger partial charge < -0.3 is 15.3 Å². The molecule has 1 saturated heterocycles. The molecule has 0 radical (unpaired) electrons. The number of benzene rings is 1. The standard InChI is InChI=1S/C18H22N2O3/c21-16(22)18-7-3-6-14(18)10-20(11-18)17(23)19-15-8-12-4-1-2-5-13(12)9-15/h1-2,4-5,14-15H,3,6-11H2,(H,19,23)(H,21,22)/t14-,18+/m0/s1. The molecule has 3 aliphatic rings. The van der Waals surface area contributed by atoms with Gasteiger partial charge in [-0.2, -0.15) is 0 Å². The van der Waals surface area contributed by atoms with Gasteiger partial charge in [0.05, 0.1) is 5.41 Å². The first kappa shape index (κ1) is 14.5. The number of nitrogens with zero attached hydrogens (tertiary/aromatic N) is 1. The third kappa shape index (κ3) is 2.30. The highest BCUT2D eigenvalue weighted by atomic mass is 16.4. The highest BCUT2D eigenvalue weighted by molar-refractivity contribution is 5.80. The first-order valence-electron chi connectivity index (χ1n) is 8.44. The van der Waals surface area contributed by atoms with Gasteiger partial charge in [-0.25, -0.2) is 4.79 Å². The second-order valence-electron chi connectivity index (χ2n) is 7.25. The number of urea groups is 1. The van der Waals surface area contributed by atoms with Crippen molar-refractivity contribution in [3.63, 3.8) is 0 Å². The average Bonchev–Trinajstić information content (AvgIpc) is 3.18. The van der Waals surface area contributed by atoms with Gasteiger partial charge in [0.15, 0.2) is 0 Å². The van der Waals surface area contributed by atoms with Gasteiger partial charge in [-0.1, -0.05) is 30.7 Å². The minimum absolute atomic E-state index is 0.0992. The Kier molecular flexibility index (Phi) is 3.32. The summed E-state index contributed by atoms with van der Waals surface area (Å²) in [5.41, 5.74) is 1.91. The van der Waals surface area contributed by atoms with Gasteiger partial charge in [-0.3, -0.25) is 4.79 Å². The lowest BCUT2D eigenvalue weighted by Crippen LogP contribution is -2.45. The molecular formula is C18H22N2O3. The zero-order chi connectivity index (χ0) is 16.0. The molecule has 0 aromatic heterocycles. The van der Waals surface area contributed by atoms with Crippen LogP contribution in [0.4, 0.5) is 4.79 Å². The number of rotatable bonds is 2. The number of hydrogen-bond acceptors (Lipinski definition) is 2. The SMILES string of the molecule is O=C(NC1Cc2ccccc2C1)N1C[C@@H]2CCC[C@@]2(C(=O)O)C1. The van der Waals surface area contributed by atoms with Crippen LogP contribution in [0.25, 0.3) is 0 Å². The van der Waals surface area contributed by atoms with E-state index >= 15 is 0 Å². The van der Waals surface area contributed by atoms with Crippen molar-refractivity contribution in [2.24, 2.45) is 11.3 Å². The summed E-state index contributed by atoms with van der Waals surface area (Å²) < 4.78 is 0. The number of amides is 2. The van der Waals surface area contributed by atoms with E-state index in [0.717, 1.165) is 25.7 Å². The maximum absolute atomic E-state index is 12.6. The number of hydrogen-bond donors (Lipinski definition) is 2. The van der Waals surface area contributed by atoms with Crippen LogP contribution in [0.15, 0.2) is 24.3 Å². The van der Waals surface area contributed by atoms with Gasteiger partial charge in [0.1, 0.15) is 0 Å². The number of likely N-dealkylation sites (tertiary alicyclic amines) is 1. The van der Waals surface area contributed by atoms with Gasteiger partial charge in [0, 0.05) is 19.1 Å². The fraction of sp³-hybridized carbons (Fsp3) is 0.556. The van der Waals surface area contributed by atoms with Gasteiger partial charge in [0.25, 0.3) is 0 Å². The topological polar surface area (TPSA) is 69.6 Å². The Balaban J connectivity index is 1.41. The molecule has 1 heterocycles. The van der Waals surface area contributed by atoms with Crippen molar-refractivity contribution in [2.45, 2.75) is 38.1 Å². The lowest BCUT2D eigenvalue weighted by molar-refractivity contribution is -0.149. The molecule has 1 aromatic rings. The van der Waals surface area contributed by atoms with Crippen LogP contribution in [0, 0.1) is 11.3 Å². The summed E-state index contributed by atoms with van der Waals surface area (Å²) in [4.78, 5) is 26.0. The molecule has 2 N–H and O–H groups in total. The van der Waals surface area contributed by atoms with Gasteiger partial charge in [-0.15, -0.1) is 0 Å². The van der Waals surface area contributed by atoms with Crippen LogP contribution in [-0.2, 0) is 17.6 Å². The quantitative estimate of drug-likeness (QED) is 0.878. The number of carbonyl (C=O) groups is 2. The van der Waals surface area contributed by atoms with Crippen molar-refractivity contribution in [1.82, 2.24) is 10.2 Å². The molecule has 4 rings (SSSR count). The first-order chi connectivity index (χ1) is 11.1. The van der Waals surface area contributed by atoms with E-state index in [4.69, 9.17) is 0 Å². The second kappa shape index (κ2) is 5.25. The van der Waals surface area contributed by atoms with Gasteiger partial charge in [0.2, 0.25) is 0 Å². The summed E-state index contributed by atoms with van der Waals surface area (Å²) in [7, 11) is 0. The van der Waals surface area contributed by atoms with Gasteiger partial charge >= 0.3 is 12.0 Å². The van der Waals surface area contributed by atoms with Crippen molar-refractivity contribution in [2.75, 3.05) is 13.1 Å². The maximum Gasteiger partial charge on any atom is 0.317 e. The van der Waals surface area contributed by atoms with Crippen molar-refractivity contribution in [3.8, 4) is 0 Å². The predicted molar refractivity (Wildman–Crippen MR) is 85.2 cm³/mol. The van der Waals surface area contributed by atoms with Crippen LogP contribution in [-0.4, -0.2) is 41.1 Å². The van der Waals surface area contributed by atoms with E-state index in [9.17, 15) is 14.7 Å². The number of fused-ring (bicyclic) bond motifs is 2. The average molecular weight is 314 g/mol. The molecule has 23 heavy (non-hydrogen) atoms. The summed E-state index contributed by atoms with van der Waals surface area (Å²) >= 11 is 0. The van der Waals surface area contributed by atoms with E-state index in [-0.39, 0.29) is 18.0 Å². The Bertz CT molecular complexity index is 634. The molecule has 0 spiro atoms. The lowest BCUT2D eigenvalue weighted by Gasteiger charge is -2.24. The lowest BCUT2D eigenvalue weighted by atomic mass is 9.81. The Morgan fingerprint density at radius 3 is 2.52 bits per heavy atom. The molecule has 0 bridgehead atoms. The summed E-state index contributed by atoms with van der Waals surface area (Å²) in [6.45, 7) is 0.941. The molecule has 2 fully saturated rings.